The summed E-state index contributed by atoms with van der Waals surface area (Å²) in [6.45, 7) is 3.69. The maximum absolute atomic E-state index is 14.2. The molecular weight excluding hydrogens is 429 g/mol. The molecule has 0 atom stereocenters. The fourth-order valence-electron chi connectivity index (χ4n) is 4.39. The molecule has 1 saturated heterocycles. The van der Waals surface area contributed by atoms with E-state index in [1.165, 1.54) is 31.4 Å². The summed E-state index contributed by atoms with van der Waals surface area (Å²) in [5.74, 6) is -0.935. The maximum atomic E-state index is 14.2. The van der Waals surface area contributed by atoms with Crippen molar-refractivity contribution < 1.29 is 22.3 Å². The van der Waals surface area contributed by atoms with Crippen molar-refractivity contribution >= 4 is 16.7 Å². The molecule has 0 bridgehead atoms. The summed E-state index contributed by atoms with van der Waals surface area (Å²) < 4.78 is 53.9. The van der Waals surface area contributed by atoms with Crippen LogP contribution in [0.1, 0.15) is 5.56 Å². The zero-order chi connectivity index (χ0) is 22.9. The van der Waals surface area contributed by atoms with E-state index in [0.29, 0.717) is 29.0 Å². The number of anilines is 1. The average molecular weight is 452 g/mol. The molecule has 1 aliphatic heterocycles. The number of furan rings is 1. The van der Waals surface area contributed by atoms with Crippen molar-refractivity contribution in [3.05, 3.63) is 83.7 Å². The molecule has 0 radical (unpaired) electrons. The van der Waals surface area contributed by atoms with E-state index in [1.54, 1.807) is 18.2 Å². The van der Waals surface area contributed by atoms with Gasteiger partial charge in [0.1, 0.15) is 23.2 Å². The topological polar surface area (TPSA) is 28.9 Å². The van der Waals surface area contributed by atoms with E-state index in [2.05, 4.69) is 9.80 Å². The van der Waals surface area contributed by atoms with Crippen LogP contribution in [-0.2, 0) is 6.54 Å². The van der Waals surface area contributed by atoms with E-state index < -0.39 is 11.6 Å². The van der Waals surface area contributed by atoms with Crippen LogP contribution in [0.4, 0.5) is 18.9 Å². The molecular formula is C26H23F3N2O2. The van der Waals surface area contributed by atoms with Gasteiger partial charge in [0.15, 0.2) is 11.3 Å². The molecule has 0 N–H and O–H groups in total. The maximum Gasteiger partial charge on any atom is 0.176 e. The molecule has 1 fully saturated rings. The van der Waals surface area contributed by atoms with E-state index in [9.17, 15) is 13.2 Å². The van der Waals surface area contributed by atoms with Crippen LogP contribution in [-0.4, -0.2) is 38.2 Å². The van der Waals surface area contributed by atoms with Crippen LogP contribution < -0.4 is 9.64 Å². The van der Waals surface area contributed by atoms with Crippen LogP contribution in [0.15, 0.2) is 65.1 Å². The van der Waals surface area contributed by atoms with Crippen LogP contribution in [0.5, 0.6) is 5.75 Å². The van der Waals surface area contributed by atoms with Gasteiger partial charge in [-0.05, 0) is 48.0 Å². The Kier molecular flexibility index (Phi) is 5.72. The number of benzene rings is 3. The highest BCUT2D eigenvalue weighted by Gasteiger charge is 2.21. The normalized spacial score (nSPS) is 14.7. The Labute approximate surface area is 189 Å². The third-order valence-electron chi connectivity index (χ3n) is 6.04. The first-order chi connectivity index (χ1) is 16.0. The van der Waals surface area contributed by atoms with Crippen LogP contribution in [0.3, 0.4) is 0 Å². The van der Waals surface area contributed by atoms with E-state index >= 15 is 0 Å². The number of hydrogen-bond acceptors (Lipinski definition) is 4. The largest absolute Gasteiger partial charge is 0.493 e. The number of ether oxygens (including phenoxy) is 1. The summed E-state index contributed by atoms with van der Waals surface area (Å²) in [6, 6.07) is 16.0. The predicted molar refractivity (Wildman–Crippen MR) is 122 cm³/mol. The van der Waals surface area contributed by atoms with Crippen LogP contribution in [0, 0.1) is 17.5 Å². The molecule has 33 heavy (non-hydrogen) atoms. The summed E-state index contributed by atoms with van der Waals surface area (Å²) >= 11 is 0. The standard InChI is InChI=1S/C26H23F3N2O2/c1-32-24-14-17(16-30-9-11-31(12-10-30)22-8-3-2-5-19(22)27)13-18-15-23(33-26(18)24)25-20(28)6-4-7-21(25)29/h2-8,13-15H,9-12,16H2,1H3. The molecule has 2 heterocycles. The van der Waals surface area contributed by atoms with Crippen molar-refractivity contribution in [3.63, 3.8) is 0 Å². The van der Waals surface area contributed by atoms with Crippen molar-refractivity contribution in [1.82, 2.24) is 4.90 Å². The van der Waals surface area contributed by atoms with Crippen LogP contribution in [0.25, 0.3) is 22.3 Å². The first-order valence-corrected chi connectivity index (χ1v) is 10.8. The minimum Gasteiger partial charge on any atom is -0.493 e. The Hall–Kier alpha value is -3.45. The van der Waals surface area contributed by atoms with Crippen LogP contribution in [0.2, 0.25) is 0 Å². The van der Waals surface area contributed by atoms with Gasteiger partial charge in [-0.25, -0.2) is 13.2 Å². The lowest BCUT2D eigenvalue weighted by Crippen LogP contribution is -2.46. The van der Waals surface area contributed by atoms with Gasteiger partial charge in [-0.2, -0.15) is 0 Å². The highest BCUT2D eigenvalue weighted by atomic mass is 19.1. The van der Waals surface area contributed by atoms with Crippen molar-refractivity contribution in [3.8, 4) is 17.1 Å². The highest BCUT2D eigenvalue weighted by Crippen LogP contribution is 2.37. The summed E-state index contributed by atoms with van der Waals surface area (Å²) in [7, 11) is 1.54. The average Bonchev–Trinajstić information content (AvgIpc) is 3.23. The van der Waals surface area contributed by atoms with Gasteiger partial charge < -0.3 is 14.1 Å². The molecule has 0 aliphatic carbocycles. The Morgan fingerprint density at radius 3 is 2.24 bits per heavy atom. The number of nitrogens with zero attached hydrogens (tertiary/aromatic N) is 2. The van der Waals surface area contributed by atoms with Gasteiger partial charge in [-0.3, -0.25) is 4.90 Å². The second-order valence-electron chi connectivity index (χ2n) is 8.14. The minimum absolute atomic E-state index is 0.120. The lowest BCUT2D eigenvalue weighted by molar-refractivity contribution is 0.249. The molecule has 0 amide bonds. The van der Waals surface area contributed by atoms with Crippen molar-refractivity contribution in [2.24, 2.45) is 0 Å². The van der Waals surface area contributed by atoms with E-state index in [1.807, 2.05) is 18.2 Å². The van der Waals surface area contributed by atoms with Crippen molar-refractivity contribution in [1.29, 1.82) is 0 Å². The Balaban J connectivity index is 1.37. The molecule has 170 valence electrons. The number of piperazine rings is 1. The number of para-hydroxylation sites is 1. The lowest BCUT2D eigenvalue weighted by atomic mass is 10.1. The molecule has 0 spiro atoms. The van der Waals surface area contributed by atoms with Gasteiger partial charge in [0.05, 0.1) is 18.4 Å². The molecule has 4 aromatic rings. The highest BCUT2D eigenvalue weighted by molar-refractivity contribution is 5.88. The Morgan fingerprint density at radius 2 is 1.55 bits per heavy atom. The second kappa shape index (κ2) is 8.83. The monoisotopic (exact) mass is 452 g/mol. The molecule has 0 unspecified atom stereocenters. The van der Waals surface area contributed by atoms with Gasteiger partial charge in [0.25, 0.3) is 0 Å². The fraction of sp³-hybridized carbons (Fsp3) is 0.231. The molecule has 7 heteroatoms. The molecule has 3 aromatic carbocycles. The van der Waals surface area contributed by atoms with E-state index in [0.717, 1.165) is 31.7 Å². The molecule has 1 aliphatic rings. The third-order valence-corrected chi connectivity index (χ3v) is 6.04. The number of hydrogen-bond donors (Lipinski definition) is 0. The zero-order valence-electron chi connectivity index (χ0n) is 18.2. The van der Waals surface area contributed by atoms with E-state index in [4.69, 9.17) is 9.15 Å². The quantitative estimate of drug-likeness (QED) is 0.380. The predicted octanol–water partition coefficient (Wildman–Crippen LogP) is 5.85. The first kappa shape index (κ1) is 21.4. The van der Waals surface area contributed by atoms with Gasteiger partial charge in [0, 0.05) is 38.1 Å². The Morgan fingerprint density at radius 1 is 0.848 bits per heavy atom. The Bertz CT molecular complexity index is 1280. The van der Waals surface area contributed by atoms with Crippen molar-refractivity contribution in [2.45, 2.75) is 6.54 Å². The molecule has 4 nitrogen and oxygen atoms in total. The first-order valence-electron chi connectivity index (χ1n) is 10.8. The molecule has 0 saturated carbocycles. The van der Waals surface area contributed by atoms with Gasteiger partial charge >= 0.3 is 0 Å². The lowest BCUT2D eigenvalue weighted by Gasteiger charge is -2.36. The fourth-order valence-corrected chi connectivity index (χ4v) is 4.39. The summed E-state index contributed by atoms with van der Waals surface area (Å²) in [5, 5.41) is 0.715. The summed E-state index contributed by atoms with van der Waals surface area (Å²) in [4.78, 5) is 4.34. The third kappa shape index (κ3) is 4.16. The minimum atomic E-state index is -0.680. The van der Waals surface area contributed by atoms with Crippen LogP contribution >= 0.6 is 0 Å². The number of rotatable bonds is 5. The SMILES string of the molecule is COc1cc(CN2CCN(c3ccccc3F)CC2)cc2cc(-c3c(F)cccc3F)oc12. The molecule has 1 aromatic heterocycles. The number of halogens is 3. The number of fused-ring (bicyclic) bond motifs is 1. The summed E-state index contributed by atoms with van der Waals surface area (Å²) in [6.07, 6.45) is 0. The van der Waals surface area contributed by atoms with Crippen molar-refractivity contribution in [2.75, 3.05) is 38.2 Å². The number of methoxy groups -OCH3 is 1. The van der Waals surface area contributed by atoms with Gasteiger partial charge in [-0.1, -0.05) is 18.2 Å². The van der Waals surface area contributed by atoms with Gasteiger partial charge in [-0.15, -0.1) is 0 Å². The van der Waals surface area contributed by atoms with Gasteiger partial charge in [0.2, 0.25) is 0 Å². The van der Waals surface area contributed by atoms with E-state index in [-0.39, 0.29) is 17.1 Å². The molecule has 5 rings (SSSR count). The smallest absolute Gasteiger partial charge is 0.176 e. The summed E-state index contributed by atoms with van der Waals surface area (Å²) in [5.41, 5.74) is 1.89. The zero-order valence-corrected chi connectivity index (χ0v) is 18.2. The second-order valence-corrected chi connectivity index (χ2v) is 8.14.